The molecule has 3 aromatic rings. The van der Waals surface area contributed by atoms with Gasteiger partial charge in [-0.1, -0.05) is 36.9 Å². The van der Waals surface area contributed by atoms with Crippen molar-refractivity contribution in [3.05, 3.63) is 101 Å². The summed E-state index contributed by atoms with van der Waals surface area (Å²) < 4.78 is 0. The lowest BCUT2D eigenvalue weighted by molar-refractivity contribution is 0.252. The fourth-order valence-electron chi connectivity index (χ4n) is 4.45. The van der Waals surface area contributed by atoms with E-state index < -0.39 is 0 Å². The number of carbonyl (C=O) groups is 1. The third kappa shape index (κ3) is 6.27. The van der Waals surface area contributed by atoms with Crippen LogP contribution in [0.1, 0.15) is 46.7 Å². The molecule has 1 fully saturated rings. The number of urea groups is 1. The first-order valence-electron chi connectivity index (χ1n) is 12.0. The molecular weight excluding hydrogens is 434 g/mol. The molecule has 0 unspecified atom stereocenters. The summed E-state index contributed by atoms with van der Waals surface area (Å²) in [4.78, 5) is 19.1. The molecule has 35 heavy (non-hydrogen) atoms. The van der Waals surface area contributed by atoms with Crippen molar-refractivity contribution in [2.75, 3.05) is 25.0 Å². The predicted octanol–water partition coefficient (Wildman–Crippen LogP) is 5.48. The van der Waals surface area contributed by atoms with Crippen molar-refractivity contribution in [3.8, 4) is 6.07 Å². The zero-order valence-electron chi connectivity index (χ0n) is 20.1. The zero-order chi connectivity index (χ0) is 24.6. The van der Waals surface area contributed by atoms with Gasteiger partial charge in [-0.05, 0) is 72.7 Å². The Kier molecular flexibility index (Phi) is 7.79. The van der Waals surface area contributed by atoms with Crippen LogP contribution in [-0.2, 0) is 6.42 Å². The van der Waals surface area contributed by atoms with E-state index in [1.807, 2.05) is 49.4 Å². The van der Waals surface area contributed by atoms with E-state index in [1.165, 1.54) is 5.56 Å². The fourth-order valence-corrected chi connectivity index (χ4v) is 4.45. The van der Waals surface area contributed by atoms with Crippen molar-refractivity contribution in [1.82, 2.24) is 15.2 Å². The van der Waals surface area contributed by atoms with Crippen LogP contribution >= 0.6 is 0 Å². The number of likely N-dealkylation sites (tertiary alicyclic amines) is 1. The lowest BCUT2D eigenvalue weighted by Crippen LogP contribution is -2.32. The first-order valence-corrected chi connectivity index (χ1v) is 12.0. The van der Waals surface area contributed by atoms with Gasteiger partial charge in [0, 0.05) is 49.3 Å². The monoisotopic (exact) mass is 465 g/mol. The van der Waals surface area contributed by atoms with E-state index in [1.54, 1.807) is 6.20 Å². The molecule has 1 aliphatic heterocycles. The number of benzene rings is 2. The van der Waals surface area contributed by atoms with Crippen molar-refractivity contribution in [3.63, 3.8) is 0 Å². The van der Waals surface area contributed by atoms with Gasteiger partial charge in [0.05, 0.1) is 11.6 Å². The van der Waals surface area contributed by atoms with Crippen LogP contribution in [0.2, 0.25) is 0 Å². The third-order valence-electron chi connectivity index (χ3n) is 6.60. The van der Waals surface area contributed by atoms with Crippen molar-refractivity contribution in [2.45, 2.75) is 32.1 Å². The quantitative estimate of drug-likeness (QED) is 0.484. The lowest BCUT2D eigenvalue weighted by Gasteiger charge is -2.35. The molecule has 4 rings (SSSR count). The first kappa shape index (κ1) is 24.0. The highest BCUT2D eigenvalue weighted by Gasteiger charge is 2.22. The molecule has 0 bridgehead atoms. The molecule has 0 radical (unpaired) electrons. The Bertz CT molecular complexity index is 1210. The predicted molar refractivity (Wildman–Crippen MR) is 140 cm³/mol. The number of aromatic nitrogens is 1. The van der Waals surface area contributed by atoms with E-state index in [9.17, 15) is 4.79 Å². The standard InChI is InChI=1S/C29H31N5O/c1-21-6-9-26(19-28(21)33-29(35)32-16-12-27-5-3-4-15-31-27)22(2)34-17-13-25(14-18-34)24-10-7-23(20-30)8-11-24/h3-11,15,19,25H,2,12-14,16-18H2,1H3,(H2,32,33,35). The SMILES string of the molecule is C=C(c1ccc(C)c(NC(=O)NCCc2ccccn2)c1)N1CCC(c2ccc(C#N)cc2)CC1. The van der Waals surface area contributed by atoms with Gasteiger partial charge < -0.3 is 15.5 Å². The minimum atomic E-state index is -0.227. The van der Waals surface area contributed by atoms with Crippen molar-refractivity contribution in [1.29, 1.82) is 5.26 Å². The van der Waals surface area contributed by atoms with Gasteiger partial charge in [-0.2, -0.15) is 5.26 Å². The maximum Gasteiger partial charge on any atom is 0.319 e. The van der Waals surface area contributed by atoms with Gasteiger partial charge in [-0.3, -0.25) is 4.98 Å². The smallest absolute Gasteiger partial charge is 0.319 e. The van der Waals surface area contributed by atoms with Gasteiger partial charge in [0.25, 0.3) is 0 Å². The second-order valence-corrected chi connectivity index (χ2v) is 8.92. The minimum Gasteiger partial charge on any atom is -0.371 e. The molecule has 0 saturated carbocycles. The number of pyridine rings is 1. The van der Waals surface area contributed by atoms with E-state index in [-0.39, 0.29) is 6.03 Å². The maximum atomic E-state index is 12.5. The van der Waals surface area contributed by atoms with E-state index in [4.69, 9.17) is 5.26 Å². The van der Waals surface area contributed by atoms with Crippen molar-refractivity contribution in [2.24, 2.45) is 0 Å². The Labute approximate surface area is 207 Å². The van der Waals surface area contributed by atoms with Crippen LogP contribution in [0, 0.1) is 18.3 Å². The molecule has 0 atom stereocenters. The second-order valence-electron chi connectivity index (χ2n) is 8.92. The summed E-state index contributed by atoms with van der Waals surface area (Å²) in [5, 5.41) is 14.9. The molecule has 1 aliphatic rings. The molecule has 2 heterocycles. The van der Waals surface area contributed by atoms with Crippen LogP contribution in [0.5, 0.6) is 0 Å². The first-order chi connectivity index (χ1) is 17.0. The average Bonchev–Trinajstić information content (AvgIpc) is 2.90. The van der Waals surface area contributed by atoms with Gasteiger partial charge in [0.1, 0.15) is 0 Å². The molecule has 1 aromatic heterocycles. The molecule has 178 valence electrons. The lowest BCUT2D eigenvalue weighted by atomic mass is 9.88. The number of aryl methyl sites for hydroxylation is 1. The molecule has 0 aliphatic carbocycles. The van der Waals surface area contributed by atoms with E-state index in [0.29, 0.717) is 24.4 Å². The summed E-state index contributed by atoms with van der Waals surface area (Å²) in [5.41, 5.74) is 6.71. The maximum absolute atomic E-state index is 12.5. The Morgan fingerprint density at radius 2 is 1.91 bits per heavy atom. The number of hydrogen-bond acceptors (Lipinski definition) is 4. The highest BCUT2D eigenvalue weighted by atomic mass is 16.2. The molecule has 2 aromatic carbocycles. The molecule has 2 amide bonds. The molecule has 1 saturated heterocycles. The molecule has 2 N–H and O–H groups in total. The van der Waals surface area contributed by atoms with Gasteiger partial charge in [0.15, 0.2) is 0 Å². The summed E-state index contributed by atoms with van der Waals surface area (Å²) in [6.45, 7) is 8.71. The Hall–Kier alpha value is -4.11. The number of nitrogens with one attached hydrogen (secondary N) is 2. The van der Waals surface area contributed by atoms with E-state index in [0.717, 1.165) is 54.1 Å². The number of carbonyl (C=O) groups excluding carboxylic acids is 1. The number of piperidine rings is 1. The van der Waals surface area contributed by atoms with E-state index >= 15 is 0 Å². The largest absolute Gasteiger partial charge is 0.371 e. The third-order valence-corrected chi connectivity index (χ3v) is 6.60. The summed E-state index contributed by atoms with van der Waals surface area (Å²) >= 11 is 0. The molecular formula is C29H31N5O. The van der Waals surface area contributed by atoms with Gasteiger partial charge >= 0.3 is 6.03 Å². The minimum absolute atomic E-state index is 0.227. The van der Waals surface area contributed by atoms with Crippen LogP contribution in [-0.4, -0.2) is 35.5 Å². The summed E-state index contributed by atoms with van der Waals surface area (Å²) in [7, 11) is 0. The number of nitrogens with zero attached hydrogens (tertiary/aromatic N) is 3. The normalized spacial score (nSPS) is 13.7. The van der Waals surface area contributed by atoms with Gasteiger partial charge in [0.2, 0.25) is 0 Å². The summed E-state index contributed by atoms with van der Waals surface area (Å²) in [6, 6.07) is 21.8. The van der Waals surface area contributed by atoms with Crippen LogP contribution in [0.3, 0.4) is 0 Å². The Morgan fingerprint density at radius 3 is 2.60 bits per heavy atom. The topological polar surface area (TPSA) is 81.1 Å². The van der Waals surface area contributed by atoms with Crippen LogP contribution in [0.4, 0.5) is 10.5 Å². The van der Waals surface area contributed by atoms with Gasteiger partial charge in [-0.15, -0.1) is 0 Å². The highest BCUT2D eigenvalue weighted by Crippen LogP contribution is 2.32. The molecule has 0 spiro atoms. The average molecular weight is 466 g/mol. The molecule has 6 heteroatoms. The zero-order valence-corrected chi connectivity index (χ0v) is 20.1. The highest BCUT2D eigenvalue weighted by molar-refractivity contribution is 5.90. The number of amides is 2. The number of nitriles is 1. The fraction of sp³-hybridized carbons (Fsp3) is 0.276. The second kappa shape index (κ2) is 11.3. The number of hydrogen-bond donors (Lipinski definition) is 2. The molecule has 6 nitrogen and oxygen atoms in total. The van der Waals surface area contributed by atoms with Crippen molar-refractivity contribution >= 4 is 17.4 Å². The van der Waals surface area contributed by atoms with Crippen LogP contribution in [0.15, 0.2) is 73.4 Å². The Balaban J connectivity index is 1.31. The summed E-state index contributed by atoms with van der Waals surface area (Å²) in [6.07, 6.45) is 4.52. The number of rotatable bonds is 7. The van der Waals surface area contributed by atoms with Gasteiger partial charge in [-0.25, -0.2) is 4.79 Å². The van der Waals surface area contributed by atoms with Crippen LogP contribution in [0.25, 0.3) is 5.70 Å². The van der Waals surface area contributed by atoms with Crippen LogP contribution < -0.4 is 10.6 Å². The summed E-state index contributed by atoms with van der Waals surface area (Å²) in [5.74, 6) is 0.497. The Morgan fingerprint density at radius 1 is 1.14 bits per heavy atom. The van der Waals surface area contributed by atoms with E-state index in [2.05, 4.69) is 51.4 Å². The van der Waals surface area contributed by atoms with Crippen molar-refractivity contribution < 1.29 is 4.79 Å². The number of anilines is 1.